The Labute approximate surface area is 145 Å². The number of aliphatic hydroxyl groups is 1. The van der Waals surface area contributed by atoms with Gasteiger partial charge < -0.3 is 14.6 Å². The van der Waals surface area contributed by atoms with Crippen LogP contribution in [0.25, 0.3) is 0 Å². The lowest BCUT2D eigenvalue weighted by Gasteiger charge is -2.59. The van der Waals surface area contributed by atoms with Gasteiger partial charge in [0.05, 0.1) is 5.92 Å². The molecule has 5 rings (SSSR count). The molecule has 1 spiro atoms. The van der Waals surface area contributed by atoms with E-state index >= 15 is 0 Å². The molecule has 3 fully saturated rings. The predicted octanol–water partition coefficient (Wildman–Crippen LogP) is 1.47. The van der Waals surface area contributed by atoms with Crippen molar-refractivity contribution in [3.8, 4) is 0 Å². The van der Waals surface area contributed by atoms with Gasteiger partial charge in [-0.1, -0.05) is 19.9 Å². The second kappa shape index (κ2) is 5.04. The van der Waals surface area contributed by atoms with E-state index in [0.29, 0.717) is 12.8 Å². The second-order valence-corrected chi connectivity index (χ2v) is 7.97. The van der Waals surface area contributed by atoms with Crippen LogP contribution in [0.5, 0.6) is 0 Å². The fraction of sp³-hybridized carbons (Fsp3) is 0.632. The lowest BCUT2D eigenvalue weighted by Crippen LogP contribution is -2.69. The van der Waals surface area contributed by atoms with Gasteiger partial charge in [0.2, 0.25) is 0 Å². The molecule has 25 heavy (non-hydrogen) atoms. The van der Waals surface area contributed by atoms with Gasteiger partial charge in [0.15, 0.2) is 22.9 Å². The molecule has 0 aromatic heterocycles. The largest absolute Gasteiger partial charge is 0.484 e. The van der Waals surface area contributed by atoms with Crippen LogP contribution >= 0.6 is 0 Å². The molecule has 1 saturated carbocycles. The minimum absolute atomic E-state index is 0.0371. The molecular formula is C19H22O6. The van der Waals surface area contributed by atoms with E-state index in [9.17, 15) is 19.5 Å². The van der Waals surface area contributed by atoms with Crippen molar-refractivity contribution >= 4 is 17.5 Å². The zero-order chi connectivity index (χ0) is 18.1. The van der Waals surface area contributed by atoms with E-state index in [4.69, 9.17) is 9.47 Å². The number of ketones is 2. The van der Waals surface area contributed by atoms with E-state index < -0.39 is 29.2 Å². The van der Waals surface area contributed by atoms with Crippen LogP contribution in [-0.4, -0.2) is 39.9 Å². The summed E-state index contributed by atoms with van der Waals surface area (Å²) in [4.78, 5) is 37.5. The first-order chi connectivity index (χ1) is 11.7. The Morgan fingerprint density at radius 2 is 1.92 bits per heavy atom. The molecule has 3 aliphatic heterocycles. The SMILES string of the molecule is CC1CCC(=O)C2=C3OC4(C)C(C)CC3(OC2=O)C(C=CC1=O)C4O. The number of fused-ring (bicyclic) bond motifs is 1. The van der Waals surface area contributed by atoms with Gasteiger partial charge in [-0.25, -0.2) is 4.79 Å². The molecule has 134 valence electrons. The summed E-state index contributed by atoms with van der Waals surface area (Å²) in [7, 11) is 0. The minimum Gasteiger partial charge on any atom is -0.484 e. The number of allylic oxidation sites excluding steroid dienone is 1. The maximum Gasteiger partial charge on any atom is 0.346 e. The number of esters is 1. The number of Topliss-reactive ketones (excluding diaryl/α,β-unsaturated/α-hetero) is 1. The summed E-state index contributed by atoms with van der Waals surface area (Å²) >= 11 is 0. The first kappa shape index (κ1) is 16.5. The monoisotopic (exact) mass is 346 g/mol. The first-order valence-corrected chi connectivity index (χ1v) is 8.81. The molecule has 6 atom stereocenters. The Morgan fingerprint density at radius 3 is 2.64 bits per heavy atom. The summed E-state index contributed by atoms with van der Waals surface area (Å²) in [6.07, 6.45) is 3.07. The van der Waals surface area contributed by atoms with E-state index in [0.717, 1.165) is 0 Å². The number of hydrogen-bond donors (Lipinski definition) is 1. The van der Waals surface area contributed by atoms with Crippen LogP contribution in [0.2, 0.25) is 0 Å². The molecule has 0 amide bonds. The standard InChI is InChI=1S/C19H22O6/c1-9-4-6-13(21)14-16-19(25-17(14)23)8-10(2)18(3,24-16)15(22)11(19)5-7-12(9)20/h5,7,9-11,15,22H,4,6,8H2,1-3H3. The zero-order valence-corrected chi connectivity index (χ0v) is 14.6. The van der Waals surface area contributed by atoms with Gasteiger partial charge in [-0.3, -0.25) is 9.59 Å². The van der Waals surface area contributed by atoms with E-state index in [2.05, 4.69) is 0 Å². The summed E-state index contributed by atoms with van der Waals surface area (Å²) in [6.45, 7) is 5.48. The molecule has 6 heteroatoms. The highest BCUT2D eigenvalue weighted by Crippen LogP contribution is 2.60. The highest BCUT2D eigenvalue weighted by Gasteiger charge is 2.70. The molecule has 0 aromatic rings. The van der Waals surface area contributed by atoms with E-state index in [1.165, 1.54) is 6.08 Å². The van der Waals surface area contributed by atoms with Gasteiger partial charge in [0.1, 0.15) is 17.3 Å². The van der Waals surface area contributed by atoms with Crippen molar-refractivity contribution in [1.82, 2.24) is 0 Å². The average molecular weight is 346 g/mol. The normalized spacial score (nSPS) is 46.0. The molecule has 6 nitrogen and oxygen atoms in total. The van der Waals surface area contributed by atoms with Crippen LogP contribution in [0, 0.1) is 17.8 Å². The molecule has 5 bridgehead atoms. The van der Waals surface area contributed by atoms with Gasteiger partial charge in [0.25, 0.3) is 0 Å². The van der Waals surface area contributed by atoms with Crippen LogP contribution in [-0.2, 0) is 23.9 Å². The second-order valence-electron chi connectivity index (χ2n) is 7.97. The summed E-state index contributed by atoms with van der Waals surface area (Å²) in [5, 5.41) is 10.9. The fourth-order valence-corrected chi connectivity index (χ4v) is 4.61. The molecule has 5 aliphatic rings. The van der Waals surface area contributed by atoms with Crippen molar-refractivity contribution in [3.05, 3.63) is 23.5 Å². The van der Waals surface area contributed by atoms with E-state index in [1.807, 2.05) is 6.92 Å². The highest BCUT2D eigenvalue weighted by molar-refractivity contribution is 6.19. The lowest BCUT2D eigenvalue weighted by atomic mass is 9.59. The van der Waals surface area contributed by atoms with Crippen LogP contribution < -0.4 is 0 Å². The predicted molar refractivity (Wildman–Crippen MR) is 86.2 cm³/mol. The van der Waals surface area contributed by atoms with Crippen molar-refractivity contribution in [2.24, 2.45) is 17.8 Å². The number of rotatable bonds is 0. The molecule has 2 saturated heterocycles. The smallest absolute Gasteiger partial charge is 0.346 e. The van der Waals surface area contributed by atoms with Crippen molar-refractivity contribution < 1.29 is 29.0 Å². The van der Waals surface area contributed by atoms with Crippen molar-refractivity contribution in [2.45, 2.75) is 57.3 Å². The minimum atomic E-state index is -1.19. The van der Waals surface area contributed by atoms with Crippen LogP contribution in [0.4, 0.5) is 0 Å². The number of aliphatic hydroxyl groups excluding tert-OH is 1. The number of hydrogen-bond acceptors (Lipinski definition) is 6. The third-order valence-electron chi connectivity index (χ3n) is 6.50. The Kier molecular flexibility index (Phi) is 3.33. The molecular weight excluding hydrogens is 324 g/mol. The first-order valence-electron chi connectivity index (χ1n) is 8.81. The third-order valence-corrected chi connectivity index (χ3v) is 6.50. The zero-order valence-electron chi connectivity index (χ0n) is 14.6. The van der Waals surface area contributed by atoms with Crippen molar-refractivity contribution in [1.29, 1.82) is 0 Å². The van der Waals surface area contributed by atoms with E-state index in [-0.39, 0.29) is 41.2 Å². The van der Waals surface area contributed by atoms with Gasteiger partial charge >= 0.3 is 5.97 Å². The topological polar surface area (TPSA) is 89.9 Å². The summed E-state index contributed by atoms with van der Waals surface area (Å²) in [5.41, 5.74) is -2.16. The maximum absolute atomic E-state index is 12.7. The highest BCUT2D eigenvalue weighted by atomic mass is 16.6. The molecule has 2 aliphatic carbocycles. The Morgan fingerprint density at radius 1 is 1.20 bits per heavy atom. The van der Waals surface area contributed by atoms with Crippen molar-refractivity contribution in [2.75, 3.05) is 0 Å². The number of carbonyl (C=O) groups is 3. The Balaban J connectivity index is 1.94. The summed E-state index contributed by atoms with van der Waals surface area (Å²) < 4.78 is 11.7. The number of carbonyl (C=O) groups excluding carboxylic acids is 3. The summed E-state index contributed by atoms with van der Waals surface area (Å²) in [6, 6.07) is 0. The molecule has 0 radical (unpaired) electrons. The fourth-order valence-electron chi connectivity index (χ4n) is 4.61. The van der Waals surface area contributed by atoms with Crippen LogP contribution in [0.1, 0.15) is 40.0 Å². The maximum atomic E-state index is 12.7. The number of ether oxygens (including phenoxy) is 2. The van der Waals surface area contributed by atoms with Gasteiger partial charge in [-0.15, -0.1) is 0 Å². The lowest BCUT2D eigenvalue weighted by molar-refractivity contribution is -0.262. The quantitative estimate of drug-likeness (QED) is 0.528. The Bertz CT molecular complexity index is 749. The van der Waals surface area contributed by atoms with E-state index in [1.54, 1.807) is 19.9 Å². The molecule has 6 unspecified atom stereocenters. The average Bonchev–Trinajstić information content (AvgIpc) is 2.82. The Hall–Kier alpha value is -1.95. The van der Waals surface area contributed by atoms with Gasteiger partial charge in [-0.05, 0) is 19.4 Å². The van der Waals surface area contributed by atoms with Crippen LogP contribution in [0.15, 0.2) is 23.5 Å². The molecule has 0 aromatic carbocycles. The van der Waals surface area contributed by atoms with Crippen molar-refractivity contribution in [3.63, 3.8) is 0 Å². The third kappa shape index (κ3) is 1.97. The molecule has 1 N–H and O–H groups in total. The van der Waals surface area contributed by atoms with Gasteiger partial charge in [-0.2, -0.15) is 0 Å². The molecule has 3 heterocycles. The van der Waals surface area contributed by atoms with Gasteiger partial charge in [0, 0.05) is 24.7 Å². The van der Waals surface area contributed by atoms with Crippen LogP contribution in [0.3, 0.4) is 0 Å². The summed E-state index contributed by atoms with van der Waals surface area (Å²) in [5.74, 6) is -1.86.